The van der Waals surface area contributed by atoms with E-state index in [0.29, 0.717) is 24.7 Å². The molecule has 26 heavy (non-hydrogen) atoms. The fourth-order valence-electron chi connectivity index (χ4n) is 3.12. The number of rotatable bonds is 3. The first kappa shape index (κ1) is 18.4. The number of anilines is 1. The number of benzene rings is 1. The van der Waals surface area contributed by atoms with Gasteiger partial charge in [0, 0.05) is 5.56 Å². The van der Waals surface area contributed by atoms with E-state index in [4.69, 9.17) is 0 Å². The lowest BCUT2D eigenvalue weighted by molar-refractivity contribution is -0.137. The third-order valence-electron chi connectivity index (χ3n) is 4.48. The number of aliphatic hydroxyl groups is 2. The van der Waals surface area contributed by atoms with E-state index in [1.54, 1.807) is 6.07 Å². The minimum atomic E-state index is -4.55. The smallest absolute Gasteiger partial charge is 0.416 e. The summed E-state index contributed by atoms with van der Waals surface area (Å²) < 4.78 is 38.4. The molecule has 1 aromatic carbocycles. The summed E-state index contributed by atoms with van der Waals surface area (Å²) in [6.07, 6.45) is -5.19. The van der Waals surface area contributed by atoms with Crippen molar-refractivity contribution in [2.75, 3.05) is 5.32 Å². The van der Waals surface area contributed by atoms with Gasteiger partial charge in [0.25, 0.3) is 0 Å². The van der Waals surface area contributed by atoms with E-state index in [0.717, 1.165) is 6.07 Å². The van der Waals surface area contributed by atoms with E-state index in [1.807, 2.05) is 0 Å². The predicted molar refractivity (Wildman–Crippen MR) is 87.5 cm³/mol. The van der Waals surface area contributed by atoms with Gasteiger partial charge in [0.05, 0.1) is 29.5 Å². The summed E-state index contributed by atoms with van der Waals surface area (Å²) in [6, 6.07) is 4.32. The number of halogens is 3. The van der Waals surface area contributed by atoms with Crippen LogP contribution in [-0.4, -0.2) is 43.8 Å². The molecule has 0 radical (unpaired) electrons. The van der Waals surface area contributed by atoms with Crippen LogP contribution in [-0.2, 0) is 6.18 Å². The molecule has 3 rings (SSSR count). The number of hydrogen-bond donors (Lipinski definition) is 4. The average Bonchev–Trinajstić information content (AvgIpc) is 2.87. The van der Waals surface area contributed by atoms with Crippen LogP contribution in [0.5, 0.6) is 5.75 Å². The highest BCUT2D eigenvalue weighted by atomic mass is 19.4. The number of alkyl halides is 3. The lowest BCUT2D eigenvalue weighted by Crippen LogP contribution is -2.34. The van der Waals surface area contributed by atoms with Crippen molar-refractivity contribution in [3.63, 3.8) is 0 Å². The Balaban J connectivity index is 1.83. The third kappa shape index (κ3) is 3.58. The molecular weight excluding hydrogens is 351 g/mol. The number of aromatic hydroxyl groups is 1. The van der Waals surface area contributed by atoms with Gasteiger partial charge >= 0.3 is 6.18 Å². The fourth-order valence-corrected chi connectivity index (χ4v) is 3.12. The van der Waals surface area contributed by atoms with E-state index in [-0.39, 0.29) is 22.9 Å². The van der Waals surface area contributed by atoms with Crippen LogP contribution in [0.3, 0.4) is 0 Å². The van der Waals surface area contributed by atoms with Gasteiger partial charge in [0.2, 0.25) is 0 Å². The molecule has 1 aliphatic carbocycles. The number of phenols is 1. The van der Waals surface area contributed by atoms with Crippen molar-refractivity contribution in [2.45, 2.75) is 44.2 Å². The second kappa shape index (κ2) is 6.73. The number of nitrogens with zero attached hydrogens (tertiary/aromatic N) is 2. The minimum Gasteiger partial charge on any atom is -0.507 e. The highest BCUT2D eigenvalue weighted by molar-refractivity contribution is 5.71. The molecule has 6 nitrogen and oxygen atoms in total. The molecule has 0 saturated heterocycles. The van der Waals surface area contributed by atoms with Gasteiger partial charge in [0.15, 0.2) is 0 Å². The predicted octanol–water partition coefficient (Wildman–Crippen LogP) is 2.47. The second-order valence-corrected chi connectivity index (χ2v) is 6.37. The Hall–Kier alpha value is -2.39. The van der Waals surface area contributed by atoms with E-state index < -0.39 is 29.7 Å². The number of aliphatic hydroxyl groups excluding tert-OH is 2. The first-order chi connectivity index (χ1) is 12.2. The Kier molecular flexibility index (Phi) is 4.76. The summed E-state index contributed by atoms with van der Waals surface area (Å²) in [4.78, 5) is 0. The quantitative estimate of drug-likeness (QED) is 0.664. The van der Waals surface area contributed by atoms with Crippen molar-refractivity contribution in [3.05, 3.63) is 35.4 Å². The maximum atomic E-state index is 12.8. The minimum absolute atomic E-state index is 0.174. The van der Waals surface area contributed by atoms with Crippen molar-refractivity contribution >= 4 is 5.82 Å². The SMILES string of the molecule is Cc1cc(C(F)(F)F)cc(O)c1-c1ccc(N[C@@H]2CC[C@@H](O)[C@H]2O)nn1. The van der Waals surface area contributed by atoms with Crippen molar-refractivity contribution in [1.29, 1.82) is 0 Å². The first-order valence-electron chi connectivity index (χ1n) is 8.04. The summed E-state index contributed by atoms with van der Waals surface area (Å²) in [5.41, 5.74) is -0.308. The molecule has 0 spiro atoms. The average molecular weight is 369 g/mol. The normalized spacial score (nSPS) is 23.2. The number of phenolic OH excluding ortho intramolecular Hbond substituents is 1. The monoisotopic (exact) mass is 369 g/mol. The molecule has 0 aliphatic heterocycles. The van der Waals surface area contributed by atoms with Crippen molar-refractivity contribution in [1.82, 2.24) is 10.2 Å². The number of hydrogen-bond acceptors (Lipinski definition) is 6. The molecular formula is C17H18F3N3O3. The Bertz CT molecular complexity index is 773. The Morgan fingerprint density at radius 2 is 1.85 bits per heavy atom. The van der Waals surface area contributed by atoms with Crippen LogP contribution in [0.15, 0.2) is 24.3 Å². The number of aryl methyl sites for hydroxylation is 1. The molecule has 0 bridgehead atoms. The van der Waals surface area contributed by atoms with Crippen LogP contribution < -0.4 is 5.32 Å². The van der Waals surface area contributed by atoms with Crippen LogP contribution in [0.2, 0.25) is 0 Å². The third-order valence-corrected chi connectivity index (χ3v) is 4.48. The Labute approximate surface area is 147 Å². The second-order valence-electron chi connectivity index (χ2n) is 6.37. The van der Waals surface area contributed by atoms with Crippen molar-refractivity contribution in [2.24, 2.45) is 0 Å². The summed E-state index contributed by atoms with van der Waals surface area (Å²) in [7, 11) is 0. The van der Waals surface area contributed by atoms with Gasteiger partial charge in [-0.2, -0.15) is 13.2 Å². The van der Waals surface area contributed by atoms with Gasteiger partial charge < -0.3 is 20.6 Å². The molecule has 0 amide bonds. The number of aromatic nitrogens is 2. The lowest BCUT2D eigenvalue weighted by atomic mass is 10.0. The van der Waals surface area contributed by atoms with Crippen molar-refractivity contribution < 1.29 is 28.5 Å². The van der Waals surface area contributed by atoms with Crippen LogP contribution in [0.25, 0.3) is 11.3 Å². The van der Waals surface area contributed by atoms with Crippen LogP contribution in [0.1, 0.15) is 24.0 Å². The van der Waals surface area contributed by atoms with E-state index in [2.05, 4.69) is 15.5 Å². The number of nitrogens with one attached hydrogen (secondary N) is 1. The summed E-state index contributed by atoms with van der Waals surface area (Å²) in [5, 5.41) is 40.2. The molecule has 9 heteroatoms. The van der Waals surface area contributed by atoms with Gasteiger partial charge in [-0.15, -0.1) is 10.2 Å². The van der Waals surface area contributed by atoms with E-state index in [9.17, 15) is 28.5 Å². The van der Waals surface area contributed by atoms with Gasteiger partial charge in [-0.3, -0.25) is 0 Å². The molecule has 3 atom stereocenters. The molecule has 1 aromatic heterocycles. The zero-order valence-corrected chi connectivity index (χ0v) is 13.8. The molecule has 1 fully saturated rings. The molecule has 140 valence electrons. The zero-order chi connectivity index (χ0) is 19.1. The lowest BCUT2D eigenvalue weighted by Gasteiger charge is -2.18. The van der Waals surface area contributed by atoms with Gasteiger partial charge in [-0.25, -0.2) is 0 Å². The molecule has 4 N–H and O–H groups in total. The standard InChI is InChI=1S/C17H18F3N3O3/c1-8-6-9(17(18,19)20)7-13(25)15(8)10-3-5-14(23-22-10)21-11-2-4-12(24)16(11)26/h3,5-7,11-12,16,24-26H,2,4H2,1H3,(H,21,23)/t11-,12-,16+/m1/s1. The largest absolute Gasteiger partial charge is 0.507 e. The van der Waals surface area contributed by atoms with Crippen LogP contribution >= 0.6 is 0 Å². The molecule has 1 saturated carbocycles. The Morgan fingerprint density at radius 1 is 1.12 bits per heavy atom. The maximum Gasteiger partial charge on any atom is 0.416 e. The first-order valence-corrected chi connectivity index (χ1v) is 8.04. The maximum absolute atomic E-state index is 12.8. The van der Waals surface area contributed by atoms with E-state index in [1.165, 1.54) is 13.0 Å². The van der Waals surface area contributed by atoms with E-state index >= 15 is 0 Å². The highest BCUT2D eigenvalue weighted by Crippen LogP contribution is 2.38. The summed E-state index contributed by atoms with van der Waals surface area (Å²) >= 11 is 0. The molecule has 0 unspecified atom stereocenters. The molecule has 2 aromatic rings. The zero-order valence-electron chi connectivity index (χ0n) is 13.8. The van der Waals surface area contributed by atoms with Gasteiger partial charge in [0.1, 0.15) is 11.6 Å². The highest BCUT2D eigenvalue weighted by Gasteiger charge is 2.34. The topological polar surface area (TPSA) is 98.5 Å². The van der Waals surface area contributed by atoms with Crippen molar-refractivity contribution in [3.8, 4) is 17.0 Å². The summed E-state index contributed by atoms with van der Waals surface area (Å²) in [6.45, 7) is 1.45. The van der Waals surface area contributed by atoms with Gasteiger partial charge in [-0.1, -0.05) is 0 Å². The Morgan fingerprint density at radius 3 is 2.35 bits per heavy atom. The van der Waals surface area contributed by atoms with Crippen LogP contribution in [0.4, 0.5) is 19.0 Å². The van der Waals surface area contributed by atoms with Crippen LogP contribution in [0, 0.1) is 6.92 Å². The molecule has 1 heterocycles. The van der Waals surface area contributed by atoms with Gasteiger partial charge in [-0.05, 0) is 49.6 Å². The molecule has 1 aliphatic rings. The summed E-state index contributed by atoms with van der Waals surface area (Å²) in [5.74, 6) is -0.169. The fraction of sp³-hybridized carbons (Fsp3) is 0.412.